The lowest BCUT2D eigenvalue weighted by Gasteiger charge is -2.57. The van der Waals surface area contributed by atoms with Crippen LogP contribution in [-0.4, -0.2) is 0 Å². The van der Waals surface area contributed by atoms with E-state index in [0.29, 0.717) is 22.7 Å². The fraction of sp³-hybridized carbons (Fsp3) is 0.880. The van der Waals surface area contributed by atoms with E-state index in [-0.39, 0.29) is 0 Å². The average Bonchev–Trinajstić information content (AvgIpc) is 2.94. The van der Waals surface area contributed by atoms with E-state index >= 15 is 0 Å². The van der Waals surface area contributed by atoms with E-state index in [2.05, 4.69) is 32.9 Å². The zero-order valence-electron chi connectivity index (χ0n) is 18.6. The normalized spacial score (nSPS) is 45.9. The smallest absolute Gasteiger partial charge is 0.0664 e. The van der Waals surface area contributed by atoms with E-state index in [0.717, 1.165) is 17.8 Å². The Labute approximate surface area is 163 Å². The van der Waals surface area contributed by atoms with Gasteiger partial charge in [0.15, 0.2) is 0 Å². The van der Waals surface area contributed by atoms with E-state index < -0.39 is 0 Å². The first-order valence-corrected chi connectivity index (χ1v) is 11.6. The Morgan fingerprint density at radius 2 is 1.73 bits per heavy atom. The van der Waals surface area contributed by atoms with Gasteiger partial charge in [-0.05, 0) is 85.9 Å². The summed E-state index contributed by atoms with van der Waals surface area (Å²) < 4.78 is 0. The van der Waals surface area contributed by atoms with Crippen LogP contribution in [0.4, 0.5) is 0 Å². The molecule has 7 unspecified atom stereocenters. The summed E-state index contributed by atoms with van der Waals surface area (Å²) in [6.45, 7) is 15.4. The Hall–Kier alpha value is -0.770. The summed E-state index contributed by atoms with van der Waals surface area (Å²) in [6, 6.07) is 2.70. The Bertz CT molecular complexity index is 541. The summed E-state index contributed by atoms with van der Waals surface area (Å²) in [5, 5.41) is 9.72. The van der Waals surface area contributed by atoms with Gasteiger partial charge in [-0.1, -0.05) is 60.1 Å². The van der Waals surface area contributed by atoms with Crippen LogP contribution in [0.2, 0.25) is 0 Å². The van der Waals surface area contributed by atoms with Gasteiger partial charge in [0, 0.05) is 0 Å². The molecule has 0 bridgehead atoms. The van der Waals surface area contributed by atoms with Crippen molar-refractivity contribution in [2.24, 2.45) is 40.4 Å². The van der Waals surface area contributed by atoms with Crippen molar-refractivity contribution >= 4 is 0 Å². The molecule has 0 heterocycles. The molecule has 4 aliphatic carbocycles. The lowest BCUT2D eigenvalue weighted by atomic mass is 9.47. The number of nitriles is 1. The zero-order chi connectivity index (χ0) is 19.5. The maximum atomic E-state index is 9.72. The van der Waals surface area contributed by atoms with Crippen molar-refractivity contribution in [2.45, 2.75) is 99.8 Å². The van der Waals surface area contributed by atoms with Gasteiger partial charge in [-0.15, -0.1) is 0 Å². The van der Waals surface area contributed by atoms with Crippen LogP contribution < -0.4 is 0 Å². The summed E-state index contributed by atoms with van der Waals surface area (Å²) in [4.78, 5) is 0. The molecule has 3 fully saturated rings. The molecule has 148 valence electrons. The average molecular weight is 358 g/mol. The molecule has 1 heteroatoms. The molecular formula is C25H43N. The molecule has 0 N–H and O–H groups in total. The largest absolute Gasteiger partial charge is 0.198 e. The molecule has 0 amide bonds. The standard InChI is InChI=1S/C21H31N.2C2H6/c1-14-12-18-16-8-7-15-6-4-5-10-20(15,2)17(16)9-11-21(18,3)19(14)13-22;2*1-2/h6,14,16-19H,4-5,7-12H2,1-3H3;2*1-2H3. The van der Waals surface area contributed by atoms with Gasteiger partial charge in [-0.2, -0.15) is 5.26 Å². The first-order chi connectivity index (χ1) is 12.5. The van der Waals surface area contributed by atoms with Crippen molar-refractivity contribution in [3.05, 3.63) is 11.6 Å². The molecular weight excluding hydrogens is 314 g/mol. The number of hydrogen-bond donors (Lipinski definition) is 0. The van der Waals surface area contributed by atoms with Gasteiger partial charge >= 0.3 is 0 Å². The molecule has 0 radical (unpaired) electrons. The van der Waals surface area contributed by atoms with Crippen LogP contribution in [0.5, 0.6) is 0 Å². The van der Waals surface area contributed by atoms with Crippen LogP contribution >= 0.6 is 0 Å². The van der Waals surface area contributed by atoms with Gasteiger partial charge in [0.05, 0.1) is 12.0 Å². The third kappa shape index (κ3) is 3.16. The highest BCUT2D eigenvalue weighted by Crippen LogP contribution is 2.67. The van der Waals surface area contributed by atoms with Crippen molar-refractivity contribution in [3.63, 3.8) is 0 Å². The van der Waals surface area contributed by atoms with Gasteiger partial charge in [0.25, 0.3) is 0 Å². The predicted molar refractivity (Wildman–Crippen MR) is 113 cm³/mol. The summed E-state index contributed by atoms with van der Waals surface area (Å²) in [7, 11) is 0. The van der Waals surface area contributed by atoms with Gasteiger partial charge in [-0.25, -0.2) is 0 Å². The topological polar surface area (TPSA) is 23.8 Å². The number of allylic oxidation sites excluding steroid dienone is 2. The van der Waals surface area contributed by atoms with Crippen LogP contribution in [0.25, 0.3) is 0 Å². The van der Waals surface area contributed by atoms with Crippen LogP contribution in [0.3, 0.4) is 0 Å². The van der Waals surface area contributed by atoms with Crippen molar-refractivity contribution < 1.29 is 0 Å². The SMILES string of the molecule is CC.CC.CC1CC2C3CCC4=CCCCC4(C)C3CCC2(C)C1C#N. The third-order valence-electron chi connectivity index (χ3n) is 8.51. The molecule has 0 aromatic heterocycles. The summed E-state index contributed by atoms with van der Waals surface area (Å²) >= 11 is 0. The molecule has 0 aromatic carbocycles. The minimum atomic E-state index is 0.301. The van der Waals surface area contributed by atoms with Gasteiger partial charge in [0.2, 0.25) is 0 Å². The quantitative estimate of drug-likeness (QED) is 0.406. The molecule has 0 saturated heterocycles. The highest BCUT2D eigenvalue weighted by Gasteiger charge is 2.60. The number of fused-ring (bicyclic) bond motifs is 5. The Balaban J connectivity index is 0.000000570. The molecule has 4 aliphatic rings. The van der Waals surface area contributed by atoms with Crippen molar-refractivity contribution in [1.29, 1.82) is 5.26 Å². The van der Waals surface area contributed by atoms with Crippen molar-refractivity contribution in [1.82, 2.24) is 0 Å². The third-order valence-corrected chi connectivity index (χ3v) is 8.51. The van der Waals surface area contributed by atoms with E-state index in [1.54, 1.807) is 5.57 Å². The summed E-state index contributed by atoms with van der Waals surface area (Å²) in [5.41, 5.74) is 2.60. The van der Waals surface area contributed by atoms with Crippen LogP contribution in [-0.2, 0) is 0 Å². The molecule has 3 saturated carbocycles. The molecule has 0 spiro atoms. The number of hydrogen-bond acceptors (Lipinski definition) is 1. The monoisotopic (exact) mass is 357 g/mol. The zero-order valence-corrected chi connectivity index (χ0v) is 18.6. The molecule has 0 aromatic rings. The Morgan fingerprint density at radius 1 is 1.04 bits per heavy atom. The fourth-order valence-electron chi connectivity index (χ4n) is 7.39. The second-order valence-corrected chi connectivity index (χ2v) is 9.32. The van der Waals surface area contributed by atoms with Gasteiger partial charge in [0.1, 0.15) is 0 Å². The highest BCUT2D eigenvalue weighted by molar-refractivity contribution is 5.24. The van der Waals surface area contributed by atoms with Crippen molar-refractivity contribution in [3.8, 4) is 6.07 Å². The maximum Gasteiger partial charge on any atom is 0.0664 e. The summed E-state index contributed by atoms with van der Waals surface area (Å²) in [5.74, 6) is 3.51. The minimum Gasteiger partial charge on any atom is -0.198 e. The molecule has 7 atom stereocenters. The van der Waals surface area contributed by atoms with Crippen molar-refractivity contribution in [2.75, 3.05) is 0 Å². The van der Waals surface area contributed by atoms with Crippen LogP contribution in [0.1, 0.15) is 99.8 Å². The highest BCUT2D eigenvalue weighted by atomic mass is 14.6. The first-order valence-electron chi connectivity index (χ1n) is 11.6. The number of nitrogens with zero attached hydrogens (tertiary/aromatic N) is 1. The van der Waals surface area contributed by atoms with Gasteiger partial charge in [-0.3, -0.25) is 0 Å². The first kappa shape index (κ1) is 21.5. The predicted octanol–water partition coefficient (Wildman–Crippen LogP) is 7.78. The Morgan fingerprint density at radius 3 is 2.38 bits per heavy atom. The molecule has 0 aliphatic heterocycles. The lowest BCUT2D eigenvalue weighted by Crippen LogP contribution is -2.49. The van der Waals surface area contributed by atoms with E-state index in [9.17, 15) is 5.26 Å². The van der Waals surface area contributed by atoms with Crippen LogP contribution in [0.15, 0.2) is 11.6 Å². The lowest BCUT2D eigenvalue weighted by molar-refractivity contribution is -0.0445. The van der Waals surface area contributed by atoms with E-state index in [1.165, 1.54) is 51.4 Å². The second-order valence-electron chi connectivity index (χ2n) is 9.32. The number of rotatable bonds is 0. The fourth-order valence-corrected chi connectivity index (χ4v) is 7.39. The molecule has 1 nitrogen and oxygen atoms in total. The summed E-state index contributed by atoms with van der Waals surface area (Å²) in [6.07, 6.45) is 13.4. The Kier molecular flexibility index (Phi) is 7.04. The van der Waals surface area contributed by atoms with Crippen LogP contribution in [0, 0.1) is 51.8 Å². The van der Waals surface area contributed by atoms with E-state index in [1.807, 2.05) is 27.7 Å². The van der Waals surface area contributed by atoms with Gasteiger partial charge < -0.3 is 0 Å². The minimum absolute atomic E-state index is 0.301. The van der Waals surface area contributed by atoms with E-state index in [4.69, 9.17) is 0 Å². The molecule has 4 rings (SSSR count). The maximum absolute atomic E-state index is 9.72. The second kappa shape index (κ2) is 8.50. The molecule has 26 heavy (non-hydrogen) atoms.